The zero-order chi connectivity index (χ0) is 55.1. The van der Waals surface area contributed by atoms with Crippen LogP contribution in [0.5, 0.6) is 0 Å². The summed E-state index contributed by atoms with van der Waals surface area (Å²) < 4.78 is 49.2. The van der Waals surface area contributed by atoms with Gasteiger partial charge in [0.05, 0.1) is 43.7 Å². The smallest absolute Gasteiger partial charge is 0.187 e. The molecule has 21 nitrogen and oxygen atoms in total. The topological polar surface area (TPSA) is 337 Å². The Kier molecular flexibility index (Phi) is 18.1. The number of fused-ring (bicyclic) bond motifs is 5. The summed E-state index contributed by atoms with van der Waals surface area (Å²) in [5.74, 6) is -0.320. The SMILES string of the molecule is CC[C@H]1O[C@@H](OC[C@H]2O[C@@H](O[C@@](C)(CCC=C(C)C)[C@H]3CC[C@]4(C)[C@@H]3[C@H](O)C[C@@H]3[C@@]5(C)CC[C@H](O[C@@H]6O[C@H](CO)[C@@H](O)[C@H](O)[C@H]6O[C@@H]6OC[C@@H](O)[C@H](O)[C@H]6O)C(C)(C)[C@@H]5CC[C@]34C)[C@H](O)[C@@H](O)[C@@H]2O)[C@H](O)[C@@H](O)[C@@H]1O. The molecule has 0 aromatic heterocycles. The number of aliphatic hydroxyl groups excluding tert-OH is 13. The van der Waals surface area contributed by atoms with Crippen molar-refractivity contribution in [3.8, 4) is 0 Å². The van der Waals surface area contributed by atoms with Crippen molar-refractivity contribution in [2.75, 3.05) is 19.8 Å². The Morgan fingerprint density at radius 3 is 1.87 bits per heavy atom. The Morgan fingerprint density at radius 1 is 0.613 bits per heavy atom. The van der Waals surface area contributed by atoms with E-state index >= 15 is 0 Å². The van der Waals surface area contributed by atoms with E-state index in [2.05, 4.69) is 40.7 Å². The molecule has 8 fully saturated rings. The number of rotatable bonds is 15. The van der Waals surface area contributed by atoms with E-state index in [-0.39, 0.29) is 46.5 Å². The van der Waals surface area contributed by atoms with Gasteiger partial charge in [0.25, 0.3) is 0 Å². The summed E-state index contributed by atoms with van der Waals surface area (Å²) in [6, 6.07) is 0. The van der Waals surface area contributed by atoms with E-state index in [1.165, 1.54) is 0 Å². The quantitative estimate of drug-likeness (QED) is 0.0749. The Labute approximate surface area is 441 Å². The summed E-state index contributed by atoms with van der Waals surface area (Å²) in [6.07, 6.45) is -20.5. The molecular formula is C54H92O21. The highest BCUT2D eigenvalue weighted by atomic mass is 16.8. The van der Waals surface area contributed by atoms with E-state index in [1.54, 1.807) is 6.92 Å². The average molecular weight is 1080 g/mol. The van der Waals surface area contributed by atoms with Gasteiger partial charge in [0.15, 0.2) is 25.2 Å². The Morgan fingerprint density at radius 2 is 1.21 bits per heavy atom. The van der Waals surface area contributed by atoms with Crippen molar-refractivity contribution in [3.05, 3.63) is 11.6 Å². The van der Waals surface area contributed by atoms with Crippen LogP contribution in [-0.4, -0.2) is 221 Å². The van der Waals surface area contributed by atoms with E-state index in [0.29, 0.717) is 38.5 Å². The largest absolute Gasteiger partial charge is 0.394 e. The van der Waals surface area contributed by atoms with Crippen LogP contribution in [0.25, 0.3) is 0 Å². The molecule has 4 aliphatic heterocycles. The van der Waals surface area contributed by atoms with Gasteiger partial charge >= 0.3 is 0 Å². The first kappa shape index (κ1) is 60.0. The highest BCUT2D eigenvalue weighted by Crippen LogP contribution is 2.76. The molecule has 21 heteroatoms. The molecule has 0 spiro atoms. The first-order chi connectivity index (χ1) is 35.1. The second-order valence-electron chi connectivity index (χ2n) is 25.5. The summed E-state index contributed by atoms with van der Waals surface area (Å²) in [5.41, 5.74) is -1.36. The first-order valence-electron chi connectivity index (χ1n) is 27.7. The van der Waals surface area contributed by atoms with Gasteiger partial charge in [-0.25, -0.2) is 0 Å². The van der Waals surface area contributed by atoms with Crippen LogP contribution < -0.4 is 0 Å². The third kappa shape index (κ3) is 10.6. The minimum absolute atomic E-state index is 0.0748. The zero-order valence-electron chi connectivity index (χ0n) is 45.3. The summed E-state index contributed by atoms with van der Waals surface area (Å²) in [6.45, 7) is 17.7. The molecule has 0 radical (unpaired) electrons. The normalized spacial score (nSPS) is 52.7. The third-order valence-corrected chi connectivity index (χ3v) is 20.7. The molecule has 4 aliphatic carbocycles. The van der Waals surface area contributed by atoms with Crippen LogP contribution in [0, 0.1) is 45.3 Å². The predicted octanol–water partition coefficient (Wildman–Crippen LogP) is -0.146. The van der Waals surface area contributed by atoms with Crippen LogP contribution in [0.3, 0.4) is 0 Å². The van der Waals surface area contributed by atoms with Gasteiger partial charge in [0.2, 0.25) is 0 Å². The van der Waals surface area contributed by atoms with Crippen LogP contribution in [0.15, 0.2) is 11.6 Å². The molecule has 13 N–H and O–H groups in total. The standard InChI is InChI=1S/C54H92O21/c1-10-28-36(59)39(62)43(66)46(70-28)69-23-30-38(61)40(63)44(67)48(72-30)75-54(9,16-11-12-24(2)3)25-13-18-53(8)34(25)26(56)20-32-51(6)17-15-33(50(4,5)31(51)14-19-52(32,53)7)73-49-45(41(64)37(60)29(21-55)71-49)74-47-42(65)35(58)27(57)22-68-47/h12,25-49,55-67H,10-11,13-23H2,1-9H3/t25-,26+,27+,28+,29+,30+,31-,32+,33-,34-,35-,36+,37+,38+,39-,40-,41-,42+,43+,44+,45+,46+,47-,48-,49-,51-,52+,53+,54-/m0/s1. The van der Waals surface area contributed by atoms with E-state index in [4.69, 9.17) is 37.9 Å². The van der Waals surface area contributed by atoms with E-state index in [9.17, 15) is 66.4 Å². The fourth-order valence-corrected chi connectivity index (χ4v) is 16.2. The molecule has 29 atom stereocenters. The lowest BCUT2D eigenvalue weighted by Gasteiger charge is -2.71. The van der Waals surface area contributed by atoms with E-state index < -0.39 is 153 Å². The first-order valence-corrected chi connectivity index (χ1v) is 27.7. The average Bonchev–Trinajstić information content (AvgIpc) is 3.78. The van der Waals surface area contributed by atoms with Gasteiger partial charge in [-0.1, -0.05) is 53.2 Å². The van der Waals surface area contributed by atoms with Gasteiger partial charge in [0, 0.05) is 0 Å². The maximum absolute atomic E-state index is 12.8. The minimum Gasteiger partial charge on any atom is -0.394 e. The maximum Gasteiger partial charge on any atom is 0.187 e. The number of hydrogen-bond donors (Lipinski definition) is 13. The van der Waals surface area contributed by atoms with Crippen LogP contribution in [-0.2, 0) is 37.9 Å². The Bertz CT molecular complexity index is 1940. The minimum atomic E-state index is -1.71. The van der Waals surface area contributed by atoms with Gasteiger partial charge < -0.3 is 104 Å². The van der Waals surface area contributed by atoms with Crippen LogP contribution >= 0.6 is 0 Å². The van der Waals surface area contributed by atoms with Crippen molar-refractivity contribution in [1.82, 2.24) is 0 Å². The van der Waals surface area contributed by atoms with Crippen molar-refractivity contribution >= 4 is 0 Å². The summed E-state index contributed by atoms with van der Waals surface area (Å²) >= 11 is 0. The predicted molar refractivity (Wildman–Crippen MR) is 263 cm³/mol. The molecule has 75 heavy (non-hydrogen) atoms. The molecule has 8 aliphatic rings. The Balaban J connectivity index is 1.01. The number of allylic oxidation sites excluding steroid dienone is 2. The third-order valence-electron chi connectivity index (χ3n) is 20.7. The highest BCUT2D eigenvalue weighted by molar-refractivity contribution is 5.20. The molecule has 0 unspecified atom stereocenters. The molecule has 8 rings (SSSR count). The summed E-state index contributed by atoms with van der Waals surface area (Å²) in [7, 11) is 0. The van der Waals surface area contributed by atoms with Gasteiger partial charge in [-0.15, -0.1) is 0 Å². The zero-order valence-corrected chi connectivity index (χ0v) is 45.3. The van der Waals surface area contributed by atoms with Crippen LogP contribution in [0.1, 0.15) is 127 Å². The molecule has 4 saturated carbocycles. The van der Waals surface area contributed by atoms with Crippen molar-refractivity contribution < 1.29 is 104 Å². The molecule has 4 saturated heterocycles. The second-order valence-corrected chi connectivity index (χ2v) is 25.5. The molecule has 0 aromatic carbocycles. The maximum atomic E-state index is 12.8. The van der Waals surface area contributed by atoms with Crippen molar-refractivity contribution in [2.45, 2.75) is 261 Å². The van der Waals surface area contributed by atoms with E-state index in [0.717, 1.165) is 31.3 Å². The van der Waals surface area contributed by atoms with E-state index in [1.807, 2.05) is 20.8 Å². The number of aliphatic hydroxyl groups is 13. The summed E-state index contributed by atoms with van der Waals surface area (Å²) in [5, 5.41) is 142. The lowest BCUT2D eigenvalue weighted by Crippen LogP contribution is -2.68. The Hall–Kier alpha value is -1.10. The van der Waals surface area contributed by atoms with Crippen LogP contribution in [0.2, 0.25) is 0 Å². The number of ether oxygens (including phenoxy) is 8. The molecule has 434 valence electrons. The van der Waals surface area contributed by atoms with Gasteiger partial charge in [-0.05, 0) is 130 Å². The fraction of sp³-hybridized carbons (Fsp3) is 0.963. The summed E-state index contributed by atoms with van der Waals surface area (Å²) in [4.78, 5) is 0. The van der Waals surface area contributed by atoms with Crippen LogP contribution in [0.4, 0.5) is 0 Å². The fourth-order valence-electron chi connectivity index (χ4n) is 16.2. The van der Waals surface area contributed by atoms with Crippen molar-refractivity contribution in [3.63, 3.8) is 0 Å². The van der Waals surface area contributed by atoms with Gasteiger partial charge in [-0.3, -0.25) is 0 Å². The van der Waals surface area contributed by atoms with Crippen molar-refractivity contribution in [2.24, 2.45) is 45.3 Å². The molecule has 0 aromatic rings. The van der Waals surface area contributed by atoms with Gasteiger partial charge in [-0.2, -0.15) is 0 Å². The molecule has 0 amide bonds. The number of hydrogen-bond acceptors (Lipinski definition) is 21. The lowest BCUT2D eigenvalue weighted by atomic mass is 9.35. The second kappa shape index (κ2) is 22.7. The monoisotopic (exact) mass is 1080 g/mol. The molecular weight excluding hydrogens is 985 g/mol. The van der Waals surface area contributed by atoms with Gasteiger partial charge in [0.1, 0.15) is 85.5 Å². The lowest BCUT2D eigenvalue weighted by molar-refractivity contribution is -0.371. The highest BCUT2D eigenvalue weighted by Gasteiger charge is 2.72. The van der Waals surface area contributed by atoms with Crippen molar-refractivity contribution in [1.29, 1.82) is 0 Å². The molecule has 0 bridgehead atoms. The molecule has 4 heterocycles.